The highest BCUT2D eigenvalue weighted by Gasteiger charge is 3.05. The van der Waals surface area contributed by atoms with Crippen LogP contribution in [-0.2, 0) is 0 Å². The molecule has 0 saturated heterocycles. The molecule has 0 bridgehead atoms. The number of hydrogen-bond acceptors (Lipinski definition) is 1. The van der Waals surface area contributed by atoms with Gasteiger partial charge in [-0.15, -0.1) is 0 Å². The fraction of sp³-hybridized carbons (Fsp3) is 0.857. The molecule has 0 amide bonds. The maximum absolute atomic E-state index is 15.8. The predicted octanol–water partition coefficient (Wildman–Crippen LogP) is 27.7. The van der Waals surface area contributed by atoms with Crippen molar-refractivity contribution in [1.82, 2.24) is 0 Å². The Kier molecular flexibility index (Phi) is 29.1. The summed E-state index contributed by atoms with van der Waals surface area (Å²) in [4.78, 5) is 11.9. The van der Waals surface area contributed by atoms with Crippen LogP contribution in [0.1, 0.15) is 29.6 Å². The number of carbonyl (C=O) groups excluding carboxylic acids is 1. The van der Waals surface area contributed by atoms with Crippen LogP contribution < -0.4 is 5.19 Å². The quantitative estimate of drug-likeness (QED) is 0.0363. The minimum absolute atomic E-state index is 0.792. The van der Waals surface area contributed by atoms with Crippen LogP contribution in [0.3, 0.4) is 0 Å². The Morgan fingerprint density at radius 1 is 0.173 bits per heavy atom. The van der Waals surface area contributed by atoms with Gasteiger partial charge in [0.1, 0.15) is 0 Å². The van der Waals surface area contributed by atoms with E-state index in [1.807, 2.05) is 0 Å². The fourth-order valence-electron chi connectivity index (χ4n) is 9.38. The normalized spacial score (nSPS) is 17.0. The molecule has 1 aromatic rings. The van der Waals surface area contributed by atoms with Crippen molar-refractivity contribution in [3.05, 3.63) is 29.8 Å². The molecule has 0 saturated carbocycles. The van der Waals surface area contributed by atoms with Gasteiger partial charge in [0.25, 0.3) is 0 Å². The van der Waals surface area contributed by atoms with Crippen LogP contribution in [0.25, 0.3) is 0 Å². The van der Waals surface area contributed by atoms with Crippen molar-refractivity contribution in [2.45, 2.75) is 251 Å². The Hall–Kier alpha value is -5.66. The Balaban J connectivity index is 5.11. The molecule has 78 heteroatoms. The molecule has 754 valence electrons. The van der Waals surface area contributed by atoms with Crippen molar-refractivity contribution in [1.29, 1.82) is 0 Å². The lowest BCUT2D eigenvalue weighted by Gasteiger charge is -2.46. The highest BCUT2D eigenvalue weighted by molar-refractivity contribution is 9.18. The van der Waals surface area contributed by atoms with Gasteiger partial charge < -0.3 is 0 Å². The average Bonchev–Trinajstić information content (AvgIpc) is 0.685. The summed E-state index contributed by atoms with van der Waals surface area (Å²) in [5.74, 6) is -335. The third-order valence-electron chi connectivity index (χ3n) is 17.6. The molecular weight excluding hydrogens is 2140 g/mol. The first kappa shape index (κ1) is 119. The summed E-state index contributed by atoms with van der Waals surface area (Å²) in [6.07, 6.45) is -42.1. The van der Waals surface area contributed by atoms with E-state index in [4.69, 9.17) is 0 Å². The number of halogens is 76. The van der Waals surface area contributed by atoms with Gasteiger partial charge in [-0.25, -0.2) is 0 Å². The van der Waals surface area contributed by atoms with Gasteiger partial charge in [-0.2, -0.15) is 329 Å². The SMILES string of the molecule is O=C(Br)c1ccc([Si](CCC(F)(F)C(F)(F)C(F)(F)C(F)(F)C(F)(F)C(F)(F)C(F)(F)C(F)(F)C(F)(F)C(F)(F)C(F)(F)C(F)(F)F)(CCC(F)(F)C(F)(F)C(F)(F)C(F)(F)C(F)(F)C(F)(F)C(F)(F)C(F)(F)C(F)(F)C(F)(F)C(F)(F)C(F)(F)F)CCC(F)(F)C(F)(F)C(F)(F)C(F)(F)C(F)(F)C(F)(F)C(F)(F)C(F)(F)C(F)(F)C(F)(F)C(F)(F)C(F)(F)F)cc1. The zero-order valence-electron chi connectivity index (χ0n) is 55.7. The Morgan fingerprint density at radius 2 is 0.276 bits per heavy atom. The number of rotatable bonds is 41. The Morgan fingerprint density at radius 3 is 0.378 bits per heavy atom. The zero-order chi connectivity index (χ0) is 104. The average molecular weight is 2150 g/mol. The second-order valence-electron chi connectivity index (χ2n) is 25.5. The van der Waals surface area contributed by atoms with Crippen molar-refractivity contribution in [3.8, 4) is 0 Å². The van der Waals surface area contributed by atoms with E-state index in [-0.39, 0.29) is 0 Å². The highest BCUT2D eigenvalue weighted by atomic mass is 79.9. The third kappa shape index (κ3) is 15.3. The molecule has 0 aromatic heterocycles. The molecule has 0 unspecified atom stereocenters. The first-order valence-electron chi connectivity index (χ1n) is 28.8. The monoisotopic (exact) mass is 2150 g/mol. The molecule has 0 heterocycles. The first-order valence-corrected chi connectivity index (χ1v) is 32.2. The standard InChI is InChI=1S/C49H16BrF75OSi/c50-13(126)11-1-3-12(4-2-11)127(8-5-14(51,52)17(57,58)20(63,64)23(69,70)26(75,76)29(81,82)32(87,88)35(93,94)38(99,100)41(105,106)44(111,112)47(117,118)119,9-6-15(53,54)18(59,60)21(65,66)24(71,72)27(77,78)30(83,84)33(89,90)36(95,96)39(101,102)42(107,108)45(113,114)48(120,121)122)10-7-16(55,56)19(61,62)22(67,68)25(73,74)28(79,80)31(85,86)34(91,92)37(97,98)40(103,104)43(109,110)46(115,116)49(123,124)125/h1-4H,5-10H2. The van der Waals surface area contributed by atoms with Gasteiger partial charge >= 0.3 is 214 Å². The van der Waals surface area contributed by atoms with Crippen molar-refractivity contribution in [2.24, 2.45) is 0 Å². The van der Waals surface area contributed by atoms with Gasteiger partial charge in [0.05, 0.1) is 8.07 Å². The number of hydrogen-bond donors (Lipinski definition) is 0. The predicted molar refractivity (Wildman–Crippen MR) is 255 cm³/mol. The summed E-state index contributed by atoms with van der Waals surface area (Å²) in [6.45, 7) is 0. The topological polar surface area (TPSA) is 17.1 Å². The van der Waals surface area contributed by atoms with Crippen LogP contribution in [0.5, 0.6) is 0 Å². The summed E-state index contributed by atoms with van der Waals surface area (Å²) in [5, 5.41) is -3.01. The zero-order valence-corrected chi connectivity index (χ0v) is 58.3. The number of benzene rings is 1. The molecule has 0 aliphatic carbocycles. The minimum atomic E-state index is -10.7. The lowest BCUT2D eigenvalue weighted by atomic mass is 9.84. The van der Waals surface area contributed by atoms with Crippen LogP contribution in [0.4, 0.5) is 329 Å². The lowest BCUT2D eigenvalue weighted by molar-refractivity contribution is -0.482. The van der Waals surface area contributed by atoms with Gasteiger partial charge in [-0.1, -0.05) is 29.5 Å². The van der Waals surface area contributed by atoms with Gasteiger partial charge in [-0.05, 0) is 34.1 Å². The van der Waals surface area contributed by atoms with Crippen LogP contribution in [0.15, 0.2) is 24.3 Å². The molecule has 0 N–H and O–H groups in total. The molecule has 1 rings (SSSR count). The Bertz CT molecular complexity index is 3680. The number of carbonyl (C=O) groups is 1. The third-order valence-corrected chi connectivity index (χ3v) is 23.2. The van der Waals surface area contributed by atoms with E-state index in [0.29, 0.717) is 0 Å². The highest BCUT2D eigenvalue weighted by Crippen LogP contribution is 2.74. The second kappa shape index (κ2) is 30.9. The molecular formula is C49H16BrF75OSi. The van der Waals surface area contributed by atoms with E-state index < -0.39 is 299 Å². The fourth-order valence-corrected chi connectivity index (χ4v) is 14.5. The van der Waals surface area contributed by atoms with Gasteiger partial charge in [0, 0.05) is 24.8 Å². The molecule has 0 spiro atoms. The van der Waals surface area contributed by atoms with Crippen molar-refractivity contribution in [3.63, 3.8) is 0 Å². The van der Waals surface area contributed by atoms with Crippen LogP contribution in [0, 0.1) is 0 Å². The largest absolute Gasteiger partial charge is 0.460 e. The Labute approximate surface area is 649 Å². The first-order chi connectivity index (χ1) is 53.8. The van der Waals surface area contributed by atoms with Crippen LogP contribution >= 0.6 is 15.9 Å². The summed E-state index contributed by atoms with van der Waals surface area (Å²) in [5.41, 5.74) is -1.78. The summed E-state index contributed by atoms with van der Waals surface area (Å²) in [7, 11) is -8.61. The van der Waals surface area contributed by atoms with E-state index >= 15 is 79.0 Å². The molecule has 0 radical (unpaired) electrons. The van der Waals surface area contributed by atoms with Gasteiger partial charge in [0.2, 0.25) is 4.69 Å². The smallest absolute Gasteiger partial charge is 0.281 e. The molecule has 1 aromatic carbocycles. The molecule has 127 heavy (non-hydrogen) atoms. The van der Waals surface area contributed by atoms with Gasteiger partial charge in [0.15, 0.2) is 0 Å². The second-order valence-corrected chi connectivity index (χ2v) is 30.8. The van der Waals surface area contributed by atoms with E-state index in [0.717, 1.165) is 0 Å². The number of alkyl halides is 75. The summed E-state index contributed by atoms with van der Waals surface area (Å²) < 4.78 is 1070. The van der Waals surface area contributed by atoms with E-state index in [9.17, 15) is 255 Å². The van der Waals surface area contributed by atoms with E-state index in [1.54, 1.807) is 15.9 Å². The van der Waals surface area contributed by atoms with Crippen LogP contribution in [-0.4, -0.2) is 227 Å². The van der Waals surface area contributed by atoms with Gasteiger partial charge in [-0.3, -0.25) is 4.79 Å². The maximum Gasteiger partial charge on any atom is 0.460 e. The van der Waals surface area contributed by atoms with Crippen molar-refractivity contribution >= 4 is 33.9 Å². The molecule has 0 aliphatic rings. The van der Waals surface area contributed by atoms with Crippen LogP contribution in [0.2, 0.25) is 18.1 Å². The van der Waals surface area contributed by atoms with Crippen molar-refractivity contribution < 1.29 is 334 Å². The minimum Gasteiger partial charge on any atom is -0.281 e. The molecule has 0 atom stereocenters. The lowest BCUT2D eigenvalue weighted by Crippen LogP contribution is -2.78. The summed E-state index contributed by atoms with van der Waals surface area (Å²) >= 11 is 1.63. The van der Waals surface area contributed by atoms with E-state index in [2.05, 4.69) is 0 Å². The molecule has 1 nitrogen and oxygen atoms in total. The molecule has 0 aliphatic heterocycles. The maximum atomic E-state index is 15.8. The summed E-state index contributed by atoms with van der Waals surface area (Å²) in [6, 6.07) is -17.5. The van der Waals surface area contributed by atoms with Crippen molar-refractivity contribution in [2.75, 3.05) is 0 Å². The van der Waals surface area contributed by atoms with E-state index in [1.165, 1.54) is 0 Å². The molecule has 0 fully saturated rings.